The van der Waals surface area contributed by atoms with Gasteiger partial charge in [-0.25, -0.2) is 0 Å². The number of amides is 1. The van der Waals surface area contributed by atoms with Crippen LogP contribution in [0, 0.1) is 5.92 Å². The van der Waals surface area contributed by atoms with Crippen LogP contribution < -0.4 is 10.6 Å². The van der Waals surface area contributed by atoms with Crippen molar-refractivity contribution in [1.29, 1.82) is 0 Å². The quantitative estimate of drug-likeness (QED) is 0.854. The third kappa shape index (κ3) is 4.67. The standard InChI is InChI=1S/C16H24N2O/c1-16(2,3)17-11-14(19)18-15(13-9-10-13)12-7-5-4-6-8-12/h4-8,13,15,17H,9-11H2,1-3H3,(H,18,19). The third-order valence-electron chi connectivity index (χ3n) is 3.35. The molecule has 0 bridgehead atoms. The molecule has 0 radical (unpaired) electrons. The first kappa shape index (κ1) is 14.1. The molecule has 0 spiro atoms. The molecule has 0 saturated heterocycles. The van der Waals surface area contributed by atoms with Gasteiger partial charge in [-0.2, -0.15) is 0 Å². The van der Waals surface area contributed by atoms with E-state index in [1.54, 1.807) is 0 Å². The van der Waals surface area contributed by atoms with Gasteiger partial charge >= 0.3 is 0 Å². The maximum atomic E-state index is 12.0. The first-order valence-corrected chi connectivity index (χ1v) is 7.05. The second-order valence-corrected chi connectivity index (χ2v) is 6.40. The topological polar surface area (TPSA) is 41.1 Å². The highest BCUT2D eigenvalue weighted by atomic mass is 16.2. The Morgan fingerprint density at radius 3 is 2.42 bits per heavy atom. The highest BCUT2D eigenvalue weighted by Gasteiger charge is 2.33. The second-order valence-electron chi connectivity index (χ2n) is 6.40. The molecule has 2 N–H and O–H groups in total. The summed E-state index contributed by atoms with van der Waals surface area (Å²) in [6.07, 6.45) is 2.43. The number of carbonyl (C=O) groups is 1. The van der Waals surface area contributed by atoms with Crippen molar-refractivity contribution >= 4 is 5.91 Å². The van der Waals surface area contributed by atoms with Gasteiger partial charge in [-0.05, 0) is 45.1 Å². The largest absolute Gasteiger partial charge is 0.348 e. The van der Waals surface area contributed by atoms with Gasteiger partial charge in [0.1, 0.15) is 0 Å². The van der Waals surface area contributed by atoms with Gasteiger partial charge in [-0.3, -0.25) is 4.79 Å². The Morgan fingerprint density at radius 2 is 1.89 bits per heavy atom. The van der Waals surface area contributed by atoms with Gasteiger partial charge in [0.15, 0.2) is 0 Å². The smallest absolute Gasteiger partial charge is 0.234 e. The van der Waals surface area contributed by atoms with Gasteiger partial charge in [0, 0.05) is 5.54 Å². The SMILES string of the molecule is CC(C)(C)NCC(=O)NC(c1ccccc1)C1CC1. The van der Waals surface area contributed by atoms with Crippen molar-refractivity contribution < 1.29 is 4.79 Å². The normalized spacial score (nSPS) is 17.0. The zero-order valence-corrected chi connectivity index (χ0v) is 12.1. The molecule has 1 saturated carbocycles. The molecule has 1 unspecified atom stereocenters. The summed E-state index contributed by atoms with van der Waals surface area (Å²) in [5.74, 6) is 0.691. The number of hydrogen-bond donors (Lipinski definition) is 2. The summed E-state index contributed by atoms with van der Waals surface area (Å²) in [5, 5.41) is 6.39. The molecule has 1 aromatic carbocycles. The number of carbonyl (C=O) groups excluding carboxylic acids is 1. The van der Waals surface area contributed by atoms with Crippen LogP contribution in [0.15, 0.2) is 30.3 Å². The fourth-order valence-electron chi connectivity index (χ4n) is 2.13. The second kappa shape index (κ2) is 5.74. The van der Waals surface area contributed by atoms with Gasteiger partial charge in [0.25, 0.3) is 0 Å². The van der Waals surface area contributed by atoms with Gasteiger partial charge < -0.3 is 10.6 Å². The molecule has 3 heteroatoms. The Hall–Kier alpha value is -1.35. The summed E-state index contributed by atoms with van der Waals surface area (Å²) in [4.78, 5) is 12.0. The number of nitrogens with one attached hydrogen (secondary N) is 2. The molecule has 104 valence electrons. The van der Waals surface area contributed by atoms with Crippen molar-refractivity contribution in [2.75, 3.05) is 6.54 Å². The van der Waals surface area contributed by atoms with Crippen LogP contribution in [0.2, 0.25) is 0 Å². The zero-order chi connectivity index (χ0) is 13.9. The Labute approximate surface area is 115 Å². The summed E-state index contributed by atoms with van der Waals surface area (Å²) >= 11 is 0. The van der Waals surface area contributed by atoms with Crippen molar-refractivity contribution in [2.45, 2.75) is 45.2 Å². The lowest BCUT2D eigenvalue weighted by molar-refractivity contribution is -0.121. The van der Waals surface area contributed by atoms with Gasteiger partial charge in [0.2, 0.25) is 5.91 Å². The molecule has 1 atom stereocenters. The van der Waals surface area contributed by atoms with E-state index in [1.807, 2.05) is 18.2 Å². The molecule has 1 aliphatic carbocycles. The highest BCUT2D eigenvalue weighted by molar-refractivity contribution is 5.78. The summed E-state index contributed by atoms with van der Waals surface area (Å²) in [6.45, 7) is 6.57. The molecular weight excluding hydrogens is 236 g/mol. The van der Waals surface area contributed by atoms with Crippen molar-refractivity contribution in [1.82, 2.24) is 10.6 Å². The molecular formula is C16H24N2O. The zero-order valence-electron chi connectivity index (χ0n) is 12.1. The van der Waals surface area contributed by atoms with Crippen molar-refractivity contribution in [3.63, 3.8) is 0 Å². The van der Waals surface area contributed by atoms with E-state index in [1.165, 1.54) is 18.4 Å². The summed E-state index contributed by atoms with van der Waals surface area (Å²) in [5.41, 5.74) is 1.19. The molecule has 1 amide bonds. The molecule has 1 aromatic rings. The minimum atomic E-state index is -0.0286. The van der Waals surface area contributed by atoms with Crippen LogP contribution in [0.5, 0.6) is 0 Å². The molecule has 0 heterocycles. The maximum Gasteiger partial charge on any atom is 0.234 e. The third-order valence-corrected chi connectivity index (χ3v) is 3.35. The first-order valence-electron chi connectivity index (χ1n) is 7.05. The molecule has 3 nitrogen and oxygen atoms in total. The molecule has 0 aromatic heterocycles. The van der Waals surface area contributed by atoms with Gasteiger partial charge in [-0.15, -0.1) is 0 Å². The molecule has 0 aliphatic heterocycles. The van der Waals surface area contributed by atoms with Gasteiger partial charge in [0.05, 0.1) is 12.6 Å². The Morgan fingerprint density at radius 1 is 1.26 bits per heavy atom. The van der Waals surface area contributed by atoms with E-state index in [4.69, 9.17) is 0 Å². The Bertz CT molecular complexity index is 418. The Balaban J connectivity index is 1.93. The molecule has 19 heavy (non-hydrogen) atoms. The minimum Gasteiger partial charge on any atom is -0.348 e. The first-order chi connectivity index (χ1) is 8.96. The van der Waals surface area contributed by atoms with Gasteiger partial charge in [-0.1, -0.05) is 30.3 Å². The van der Waals surface area contributed by atoms with E-state index in [0.29, 0.717) is 12.5 Å². The summed E-state index contributed by atoms with van der Waals surface area (Å²) in [7, 11) is 0. The molecule has 2 rings (SSSR count). The lowest BCUT2D eigenvalue weighted by Crippen LogP contribution is -2.44. The van der Waals surface area contributed by atoms with E-state index < -0.39 is 0 Å². The minimum absolute atomic E-state index is 0.0286. The average Bonchev–Trinajstić information content (AvgIpc) is 3.18. The van der Waals surface area contributed by atoms with Crippen LogP contribution in [0.1, 0.15) is 45.2 Å². The summed E-state index contributed by atoms with van der Waals surface area (Å²) in [6, 6.07) is 10.4. The lowest BCUT2D eigenvalue weighted by atomic mass is 10.0. The van der Waals surface area contributed by atoms with Crippen LogP contribution in [0.3, 0.4) is 0 Å². The fourth-order valence-corrected chi connectivity index (χ4v) is 2.13. The van der Waals surface area contributed by atoms with Crippen molar-refractivity contribution in [3.8, 4) is 0 Å². The average molecular weight is 260 g/mol. The summed E-state index contributed by atoms with van der Waals surface area (Å²) < 4.78 is 0. The molecule has 1 aliphatic rings. The van der Waals surface area contributed by atoms with Crippen molar-refractivity contribution in [2.24, 2.45) is 5.92 Å². The maximum absolute atomic E-state index is 12.0. The van der Waals surface area contributed by atoms with Crippen LogP contribution in [0.4, 0.5) is 0 Å². The van der Waals surface area contributed by atoms with E-state index in [9.17, 15) is 4.79 Å². The van der Waals surface area contributed by atoms with E-state index in [2.05, 4.69) is 43.5 Å². The monoisotopic (exact) mass is 260 g/mol. The number of benzene rings is 1. The van der Waals surface area contributed by atoms with Crippen LogP contribution >= 0.6 is 0 Å². The number of hydrogen-bond acceptors (Lipinski definition) is 2. The fraction of sp³-hybridized carbons (Fsp3) is 0.562. The molecule has 1 fully saturated rings. The van der Waals surface area contributed by atoms with Crippen molar-refractivity contribution in [3.05, 3.63) is 35.9 Å². The highest BCUT2D eigenvalue weighted by Crippen LogP contribution is 2.40. The van der Waals surface area contributed by atoms with Crippen LogP contribution in [-0.2, 0) is 4.79 Å². The predicted octanol–water partition coefficient (Wildman–Crippen LogP) is 2.64. The number of rotatable bonds is 5. The van der Waals surface area contributed by atoms with E-state index in [-0.39, 0.29) is 17.5 Å². The van der Waals surface area contributed by atoms with E-state index in [0.717, 1.165) is 0 Å². The van der Waals surface area contributed by atoms with Crippen LogP contribution in [-0.4, -0.2) is 18.0 Å². The predicted molar refractivity (Wildman–Crippen MR) is 77.8 cm³/mol. The van der Waals surface area contributed by atoms with E-state index >= 15 is 0 Å². The lowest BCUT2D eigenvalue weighted by Gasteiger charge is -2.23. The Kier molecular flexibility index (Phi) is 4.25. The van der Waals surface area contributed by atoms with Crippen LogP contribution in [0.25, 0.3) is 0 Å².